The van der Waals surface area contributed by atoms with Crippen LogP contribution in [0.3, 0.4) is 0 Å². The van der Waals surface area contributed by atoms with Crippen molar-refractivity contribution in [1.29, 1.82) is 0 Å². The molecule has 190 valence electrons. The molecule has 2 N–H and O–H groups in total. The molecule has 3 aliphatic heterocycles. The maximum absolute atomic E-state index is 13.9. The highest BCUT2D eigenvalue weighted by Gasteiger charge is 2.65. The molecule has 1 aromatic carbocycles. The summed E-state index contributed by atoms with van der Waals surface area (Å²) in [5, 5.41) is 24.5. The fourth-order valence-electron chi connectivity index (χ4n) is 6.31. The van der Waals surface area contributed by atoms with Gasteiger partial charge in [-0.1, -0.05) is 27.7 Å². The molecule has 4 atom stereocenters. The summed E-state index contributed by atoms with van der Waals surface area (Å²) in [7, 11) is 1.62. The minimum Gasteiger partial charge on any atom is -0.497 e. The molecule has 0 unspecified atom stereocenters. The van der Waals surface area contributed by atoms with E-state index in [0.29, 0.717) is 49.6 Å². The number of hydrogen-bond donors (Lipinski definition) is 2. The standard InChI is InChI=1S/C27H37N3O5/c1-15(2)10-12-28-20-14-17(35-5)8-9-18(20)22-23(28)21(13-16(3)4)30-25(32)19-7-6-11-29(19)26(33)27(30,34)24(22)31/h8-9,14-16,19,21,24,31,34H,6-7,10-13H2,1-5H3/t19-,21-,24+,27+/m0/s1. The zero-order valence-electron chi connectivity index (χ0n) is 21.3. The highest BCUT2D eigenvalue weighted by atomic mass is 16.5. The van der Waals surface area contributed by atoms with Crippen LogP contribution >= 0.6 is 0 Å². The van der Waals surface area contributed by atoms with Crippen LogP contribution < -0.4 is 4.74 Å². The number of aliphatic hydroxyl groups is 2. The van der Waals surface area contributed by atoms with E-state index in [1.165, 1.54) is 9.80 Å². The number of carbonyl (C=O) groups excluding carboxylic acids is 2. The van der Waals surface area contributed by atoms with E-state index in [1.807, 2.05) is 18.2 Å². The number of nitrogens with zero attached hydrogens (tertiary/aromatic N) is 3. The lowest BCUT2D eigenvalue weighted by molar-refractivity contribution is -0.233. The summed E-state index contributed by atoms with van der Waals surface area (Å²) in [5.41, 5.74) is -0.0599. The number of carbonyl (C=O) groups is 2. The second kappa shape index (κ2) is 8.52. The van der Waals surface area contributed by atoms with Crippen LogP contribution in [0.1, 0.15) is 76.8 Å². The van der Waals surface area contributed by atoms with Crippen molar-refractivity contribution in [3.8, 4) is 5.75 Å². The Morgan fingerprint density at radius 2 is 1.91 bits per heavy atom. The van der Waals surface area contributed by atoms with Gasteiger partial charge in [0.15, 0.2) is 0 Å². The van der Waals surface area contributed by atoms with Crippen molar-refractivity contribution in [2.45, 2.75) is 83.8 Å². The van der Waals surface area contributed by atoms with Crippen LogP contribution in [0.15, 0.2) is 18.2 Å². The van der Waals surface area contributed by atoms with Crippen LogP contribution in [0.2, 0.25) is 0 Å². The van der Waals surface area contributed by atoms with Gasteiger partial charge in [-0.2, -0.15) is 0 Å². The molecule has 2 saturated heterocycles. The number of hydrogen-bond acceptors (Lipinski definition) is 5. The van der Waals surface area contributed by atoms with Crippen molar-refractivity contribution in [2.75, 3.05) is 13.7 Å². The molecule has 0 bridgehead atoms. The average Bonchev–Trinajstić information content (AvgIpc) is 3.42. The highest BCUT2D eigenvalue weighted by Crippen LogP contribution is 2.53. The van der Waals surface area contributed by atoms with Crippen LogP contribution in [0.4, 0.5) is 0 Å². The van der Waals surface area contributed by atoms with Gasteiger partial charge in [0.05, 0.1) is 18.7 Å². The van der Waals surface area contributed by atoms with Crippen LogP contribution in [0.25, 0.3) is 10.9 Å². The number of aromatic nitrogens is 1. The van der Waals surface area contributed by atoms with Crippen LogP contribution in [0.5, 0.6) is 5.75 Å². The first-order chi connectivity index (χ1) is 16.6. The van der Waals surface area contributed by atoms with Crippen molar-refractivity contribution in [3.63, 3.8) is 0 Å². The van der Waals surface area contributed by atoms with Crippen molar-refractivity contribution in [3.05, 3.63) is 29.5 Å². The normalized spacial score (nSPS) is 28.2. The minimum absolute atomic E-state index is 0.197. The number of fused-ring (bicyclic) bond motifs is 5. The largest absolute Gasteiger partial charge is 0.497 e. The van der Waals surface area contributed by atoms with Gasteiger partial charge in [0, 0.05) is 35.8 Å². The number of aliphatic hydroxyl groups excluding tert-OH is 1. The molecule has 3 aliphatic rings. The second-order valence-electron chi connectivity index (χ2n) is 11.2. The third-order valence-corrected chi connectivity index (χ3v) is 7.98. The molecule has 0 aliphatic carbocycles. The Balaban J connectivity index is 1.80. The highest BCUT2D eigenvalue weighted by molar-refractivity contribution is 6.01. The van der Waals surface area contributed by atoms with Crippen molar-refractivity contribution in [2.24, 2.45) is 11.8 Å². The van der Waals surface area contributed by atoms with Crippen LogP contribution in [-0.4, -0.2) is 61.8 Å². The van der Waals surface area contributed by atoms with E-state index in [4.69, 9.17) is 4.74 Å². The average molecular weight is 484 g/mol. The first-order valence-electron chi connectivity index (χ1n) is 12.9. The zero-order valence-corrected chi connectivity index (χ0v) is 21.3. The maximum Gasteiger partial charge on any atom is 0.279 e. The number of piperazine rings is 1. The molecular formula is C27H37N3O5. The Kier molecular flexibility index (Phi) is 5.87. The van der Waals surface area contributed by atoms with Gasteiger partial charge in [0.25, 0.3) is 11.6 Å². The predicted octanol–water partition coefficient (Wildman–Crippen LogP) is 3.35. The number of ether oxygens (including phenoxy) is 1. The first-order valence-corrected chi connectivity index (χ1v) is 12.9. The monoisotopic (exact) mass is 483 g/mol. The van der Waals surface area contributed by atoms with Gasteiger partial charge >= 0.3 is 0 Å². The molecule has 1 aromatic heterocycles. The van der Waals surface area contributed by atoms with Gasteiger partial charge in [-0.15, -0.1) is 0 Å². The number of amides is 2. The Labute approximate surface area is 206 Å². The predicted molar refractivity (Wildman–Crippen MR) is 132 cm³/mol. The molecule has 8 heteroatoms. The molecule has 4 heterocycles. The summed E-state index contributed by atoms with van der Waals surface area (Å²) < 4.78 is 7.68. The molecule has 35 heavy (non-hydrogen) atoms. The van der Waals surface area contributed by atoms with Gasteiger partial charge in [0.2, 0.25) is 5.91 Å². The van der Waals surface area contributed by atoms with Gasteiger partial charge in [0.1, 0.15) is 17.9 Å². The fraction of sp³-hybridized carbons (Fsp3) is 0.630. The molecule has 5 rings (SSSR count). The minimum atomic E-state index is -2.32. The van der Waals surface area contributed by atoms with Gasteiger partial charge in [-0.25, -0.2) is 0 Å². The lowest BCUT2D eigenvalue weighted by atomic mass is 9.80. The molecule has 2 amide bonds. The Bertz CT molecular complexity index is 1170. The molecule has 0 radical (unpaired) electrons. The lowest BCUT2D eigenvalue weighted by Gasteiger charge is -2.55. The Morgan fingerprint density at radius 3 is 2.57 bits per heavy atom. The van der Waals surface area contributed by atoms with Crippen LogP contribution in [-0.2, 0) is 16.1 Å². The summed E-state index contributed by atoms with van der Waals surface area (Å²) in [5.74, 6) is 0.509. The zero-order chi connectivity index (χ0) is 25.2. The summed E-state index contributed by atoms with van der Waals surface area (Å²) in [6.07, 6.45) is 1.24. The van der Waals surface area contributed by atoms with E-state index < -0.39 is 29.8 Å². The number of benzene rings is 1. The van der Waals surface area contributed by atoms with Crippen molar-refractivity contribution < 1.29 is 24.5 Å². The summed E-state index contributed by atoms with van der Waals surface area (Å²) in [4.78, 5) is 30.4. The van der Waals surface area contributed by atoms with Gasteiger partial charge in [-0.05, 0) is 49.7 Å². The van der Waals surface area contributed by atoms with E-state index in [1.54, 1.807) is 7.11 Å². The number of rotatable bonds is 6. The second-order valence-corrected chi connectivity index (χ2v) is 11.2. The quantitative estimate of drug-likeness (QED) is 0.657. The van der Waals surface area contributed by atoms with E-state index in [0.717, 1.165) is 23.0 Å². The van der Waals surface area contributed by atoms with Crippen molar-refractivity contribution in [1.82, 2.24) is 14.4 Å². The molecule has 0 saturated carbocycles. The molecular weight excluding hydrogens is 446 g/mol. The molecule has 2 aromatic rings. The number of aryl methyl sites for hydroxylation is 1. The lowest BCUT2D eigenvalue weighted by Crippen LogP contribution is -2.74. The summed E-state index contributed by atoms with van der Waals surface area (Å²) in [6, 6.07) is 4.57. The molecule has 0 spiro atoms. The SMILES string of the molecule is COc1ccc2c3c(n(CCC(C)C)c2c1)[C@H](CC(C)C)N1C(=O)[C@@H]2CCCN2C(=O)[C@]1(O)[C@@H]3O. The number of methoxy groups -OCH3 is 1. The summed E-state index contributed by atoms with van der Waals surface area (Å²) >= 11 is 0. The van der Waals surface area contributed by atoms with E-state index in [2.05, 4.69) is 32.3 Å². The summed E-state index contributed by atoms with van der Waals surface area (Å²) in [6.45, 7) is 9.60. The van der Waals surface area contributed by atoms with Gasteiger partial charge in [-0.3, -0.25) is 14.5 Å². The van der Waals surface area contributed by atoms with E-state index in [-0.39, 0.29) is 11.8 Å². The van der Waals surface area contributed by atoms with Crippen molar-refractivity contribution >= 4 is 22.7 Å². The van der Waals surface area contributed by atoms with Gasteiger partial charge < -0.3 is 24.4 Å². The Hall–Kier alpha value is -2.58. The molecule has 2 fully saturated rings. The first kappa shape index (κ1) is 24.1. The molecule has 8 nitrogen and oxygen atoms in total. The third-order valence-electron chi connectivity index (χ3n) is 7.98. The maximum atomic E-state index is 13.9. The van der Waals surface area contributed by atoms with E-state index >= 15 is 0 Å². The topological polar surface area (TPSA) is 95.2 Å². The third kappa shape index (κ3) is 3.40. The van der Waals surface area contributed by atoms with E-state index in [9.17, 15) is 19.8 Å². The Morgan fingerprint density at radius 1 is 1.17 bits per heavy atom. The smallest absolute Gasteiger partial charge is 0.279 e. The fourth-order valence-corrected chi connectivity index (χ4v) is 6.31. The van der Waals surface area contributed by atoms with Crippen LogP contribution in [0, 0.1) is 11.8 Å².